The molecule has 0 saturated carbocycles. The third kappa shape index (κ3) is 4.31. The normalized spacial score (nSPS) is 15.2. The number of para-hydroxylation sites is 2. The minimum absolute atomic E-state index is 0.0330. The van der Waals surface area contributed by atoms with E-state index in [4.69, 9.17) is 14.2 Å². The Morgan fingerprint density at radius 2 is 1.86 bits per heavy atom. The zero-order valence-corrected chi connectivity index (χ0v) is 16.3. The summed E-state index contributed by atoms with van der Waals surface area (Å²) in [7, 11) is 2.67. The number of hydrogen-bond acceptors (Lipinski definition) is 7. The van der Waals surface area contributed by atoms with E-state index in [9.17, 15) is 14.4 Å². The van der Waals surface area contributed by atoms with Crippen LogP contribution in [0.1, 0.15) is 23.7 Å². The topological polar surface area (TPSA) is 91.4 Å². The van der Waals surface area contributed by atoms with Crippen molar-refractivity contribution in [2.75, 3.05) is 25.7 Å². The van der Waals surface area contributed by atoms with Gasteiger partial charge in [-0.1, -0.05) is 12.1 Å². The largest absolute Gasteiger partial charge is 0.493 e. The van der Waals surface area contributed by atoms with Crippen LogP contribution in [0.15, 0.2) is 42.5 Å². The average Bonchev–Trinajstić information content (AvgIpc) is 2.73. The number of methoxy groups -OCH3 is 2. The van der Waals surface area contributed by atoms with Crippen LogP contribution < -0.4 is 19.1 Å². The predicted octanol–water partition coefficient (Wildman–Crippen LogP) is 2.59. The first-order valence-electron chi connectivity index (χ1n) is 8.98. The van der Waals surface area contributed by atoms with Gasteiger partial charge in [-0.2, -0.15) is 0 Å². The molecule has 1 aliphatic heterocycles. The summed E-state index contributed by atoms with van der Waals surface area (Å²) in [4.78, 5) is 38.0. The number of fused-ring (bicyclic) bond motifs is 1. The van der Waals surface area contributed by atoms with E-state index < -0.39 is 18.0 Å². The molecule has 2 aromatic rings. The summed E-state index contributed by atoms with van der Waals surface area (Å²) < 4.78 is 20.8. The molecular formula is C21H21NO7. The molecule has 1 heterocycles. The molecule has 0 fully saturated rings. The van der Waals surface area contributed by atoms with E-state index in [0.717, 1.165) is 0 Å². The van der Waals surface area contributed by atoms with Crippen molar-refractivity contribution < 1.29 is 33.3 Å². The first kappa shape index (κ1) is 20.2. The number of hydrogen-bond donors (Lipinski definition) is 0. The highest BCUT2D eigenvalue weighted by Gasteiger charge is 2.31. The molecular weight excluding hydrogens is 378 g/mol. The molecule has 0 unspecified atom stereocenters. The van der Waals surface area contributed by atoms with Crippen molar-refractivity contribution >= 4 is 23.5 Å². The Kier molecular flexibility index (Phi) is 6.01. The van der Waals surface area contributed by atoms with Gasteiger partial charge in [0.1, 0.15) is 5.75 Å². The Hall–Kier alpha value is -3.55. The SMILES string of the molecule is COC(=O)c1ccc(OC(=O)CCN2C(=O)[C@H](C)Oc3ccccc32)c(OC)c1. The molecule has 0 radical (unpaired) electrons. The van der Waals surface area contributed by atoms with Gasteiger partial charge >= 0.3 is 11.9 Å². The number of ether oxygens (including phenoxy) is 4. The molecule has 1 atom stereocenters. The smallest absolute Gasteiger partial charge is 0.337 e. The van der Waals surface area contributed by atoms with Crippen molar-refractivity contribution in [2.45, 2.75) is 19.4 Å². The lowest BCUT2D eigenvalue weighted by Gasteiger charge is -2.32. The monoisotopic (exact) mass is 399 g/mol. The van der Waals surface area contributed by atoms with E-state index >= 15 is 0 Å². The molecule has 3 rings (SSSR count). The summed E-state index contributed by atoms with van der Waals surface area (Å²) in [5.74, 6) is -0.308. The third-order valence-corrected chi connectivity index (χ3v) is 4.42. The Morgan fingerprint density at radius 1 is 1.10 bits per heavy atom. The van der Waals surface area contributed by atoms with Crippen LogP contribution in [-0.2, 0) is 14.3 Å². The molecule has 0 N–H and O–H groups in total. The van der Waals surface area contributed by atoms with Gasteiger partial charge in [-0.3, -0.25) is 9.59 Å². The van der Waals surface area contributed by atoms with Gasteiger partial charge in [-0.15, -0.1) is 0 Å². The highest BCUT2D eigenvalue weighted by atomic mass is 16.6. The molecule has 2 aromatic carbocycles. The van der Waals surface area contributed by atoms with Gasteiger partial charge in [0.15, 0.2) is 17.6 Å². The highest BCUT2D eigenvalue weighted by molar-refractivity contribution is 6.00. The summed E-state index contributed by atoms with van der Waals surface area (Å²) >= 11 is 0. The first-order valence-corrected chi connectivity index (χ1v) is 8.98. The van der Waals surface area contributed by atoms with E-state index in [1.807, 2.05) is 6.07 Å². The maximum absolute atomic E-state index is 12.5. The maximum Gasteiger partial charge on any atom is 0.337 e. The van der Waals surface area contributed by atoms with Gasteiger partial charge in [0.25, 0.3) is 5.91 Å². The lowest BCUT2D eigenvalue weighted by atomic mass is 10.1. The van der Waals surface area contributed by atoms with Crippen molar-refractivity contribution in [2.24, 2.45) is 0 Å². The molecule has 152 valence electrons. The fourth-order valence-electron chi connectivity index (χ4n) is 2.96. The Balaban J connectivity index is 1.69. The molecule has 0 aromatic heterocycles. The van der Waals surface area contributed by atoms with Crippen LogP contribution in [0.5, 0.6) is 17.2 Å². The van der Waals surface area contributed by atoms with Crippen molar-refractivity contribution in [3.05, 3.63) is 48.0 Å². The molecule has 1 aliphatic rings. The second-order valence-electron chi connectivity index (χ2n) is 6.30. The standard InChI is InChI=1S/C21H21NO7/c1-13-20(24)22(15-6-4-5-7-16(15)28-13)11-10-19(23)29-17-9-8-14(21(25)27-3)12-18(17)26-2/h4-9,12-13H,10-11H2,1-3H3/t13-/m0/s1. The van der Waals surface area contributed by atoms with Crippen LogP contribution in [0.3, 0.4) is 0 Å². The first-order chi connectivity index (χ1) is 13.9. The fourth-order valence-corrected chi connectivity index (χ4v) is 2.96. The van der Waals surface area contributed by atoms with E-state index in [1.54, 1.807) is 25.1 Å². The molecule has 0 saturated heterocycles. The van der Waals surface area contributed by atoms with Gasteiger partial charge in [0, 0.05) is 6.54 Å². The van der Waals surface area contributed by atoms with E-state index in [0.29, 0.717) is 11.4 Å². The van der Waals surface area contributed by atoms with E-state index in [2.05, 4.69) is 4.74 Å². The zero-order valence-electron chi connectivity index (χ0n) is 16.3. The average molecular weight is 399 g/mol. The van der Waals surface area contributed by atoms with E-state index in [1.165, 1.54) is 37.3 Å². The van der Waals surface area contributed by atoms with Gasteiger partial charge in [0.2, 0.25) is 0 Å². The summed E-state index contributed by atoms with van der Waals surface area (Å²) in [5.41, 5.74) is 0.886. The number of carbonyl (C=O) groups is 3. The second-order valence-corrected chi connectivity index (χ2v) is 6.30. The lowest BCUT2D eigenvalue weighted by molar-refractivity contribution is -0.134. The summed E-state index contributed by atoms with van der Waals surface area (Å²) in [6.45, 7) is 1.81. The molecule has 0 aliphatic carbocycles. The minimum atomic E-state index is -0.633. The maximum atomic E-state index is 12.5. The second kappa shape index (κ2) is 8.64. The Labute approximate surface area is 167 Å². The number of benzene rings is 2. The third-order valence-electron chi connectivity index (χ3n) is 4.42. The number of anilines is 1. The summed E-state index contributed by atoms with van der Waals surface area (Å²) in [6.07, 6.45) is -0.666. The minimum Gasteiger partial charge on any atom is -0.493 e. The number of esters is 2. The summed E-state index contributed by atoms with van der Waals surface area (Å²) in [6, 6.07) is 11.5. The van der Waals surface area contributed by atoms with Gasteiger partial charge in [-0.25, -0.2) is 4.79 Å². The fraction of sp³-hybridized carbons (Fsp3) is 0.286. The Bertz CT molecular complexity index is 940. The van der Waals surface area contributed by atoms with Crippen molar-refractivity contribution in [3.8, 4) is 17.2 Å². The number of nitrogens with zero attached hydrogens (tertiary/aromatic N) is 1. The van der Waals surface area contributed by atoms with Crippen LogP contribution in [-0.4, -0.2) is 44.7 Å². The van der Waals surface area contributed by atoms with Gasteiger partial charge in [0.05, 0.1) is 31.9 Å². The molecule has 0 spiro atoms. The van der Waals surface area contributed by atoms with E-state index in [-0.39, 0.29) is 35.9 Å². The van der Waals surface area contributed by atoms with Gasteiger partial charge < -0.3 is 23.8 Å². The zero-order chi connectivity index (χ0) is 21.0. The molecule has 29 heavy (non-hydrogen) atoms. The Morgan fingerprint density at radius 3 is 2.59 bits per heavy atom. The number of carbonyl (C=O) groups excluding carboxylic acids is 3. The number of amides is 1. The summed E-state index contributed by atoms with van der Waals surface area (Å²) in [5, 5.41) is 0. The van der Waals surface area contributed by atoms with Crippen LogP contribution in [0.25, 0.3) is 0 Å². The van der Waals surface area contributed by atoms with Crippen LogP contribution >= 0.6 is 0 Å². The predicted molar refractivity (Wildman–Crippen MR) is 103 cm³/mol. The highest BCUT2D eigenvalue weighted by Crippen LogP contribution is 2.34. The molecule has 8 nitrogen and oxygen atoms in total. The van der Waals surface area contributed by atoms with Crippen LogP contribution in [0, 0.1) is 0 Å². The van der Waals surface area contributed by atoms with Crippen LogP contribution in [0.2, 0.25) is 0 Å². The van der Waals surface area contributed by atoms with Crippen LogP contribution in [0.4, 0.5) is 5.69 Å². The van der Waals surface area contributed by atoms with Crippen molar-refractivity contribution in [1.29, 1.82) is 0 Å². The number of rotatable bonds is 6. The molecule has 0 bridgehead atoms. The quantitative estimate of drug-likeness (QED) is 0.545. The molecule has 1 amide bonds. The van der Waals surface area contributed by atoms with Gasteiger partial charge in [-0.05, 0) is 37.3 Å². The molecule has 8 heteroatoms. The lowest BCUT2D eigenvalue weighted by Crippen LogP contribution is -2.45. The van der Waals surface area contributed by atoms with Crippen molar-refractivity contribution in [1.82, 2.24) is 0 Å². The van der Waals surface area contributed by atoms with Crippen molar-refractivity contribution in [3.63, 3.8) is 0 Å².